The fourth-order valence-corrected chi connectivity index (χ4v) is 2.52. The summed E-state index contributed by atoms with van der Waals surface area (Å²) in [6, 6.07) is 5.97. The van der Waals surface area contributed by atoms with Crippen LogP contribution in [0.25, 0.3) is 0 Å². The van der Waals surface area contributed by atoms with Gasteiger partial charge in [-0.2, -0.15) is 0 Å². The quantitative estimate of drug-likeness (QED) is 0.819. The summed E-state index contributed by atoms with van der Waals surface area (Å²) in [4.78, 5) is 13.8. The zero-order valence-corrected chi connectivity index (χ0v) is 13.8. The summed E-state index contributed by atoms with van der Waals surface area (Å²) in [6.07, 6.45) is 1.30. The highest BCUT2D eigenvalue weighted by molar-refractivity contribution is 5.85. The van der Waals surface area contributed by atoms with Crippen LogP contribution in [0.3, 0.4) is 0 Å². The van der Waals surface area contributed by atoms with Crippen molar-refractivity contribution in [2.75, 3.05) is 38.8 Å². The van der Waals surface area contributed by atoms with E-state index in [2.05, 4.69) is 10.2 Å². The maximum absolute atomic E-state index is 11.6. The normalized spacial score (nSPS) is 16.9. The standard InChI is InChI=1S/C15H23N3O3.ClH/c1-20-13-7-12(8-14(9-13)21-2)18-6-4-11(10-18)17-15(19)3-5-16;/h7-9,11H,3-6,10,16H2,1-2H3,(H,17,19);1H. The Labute approximate surface area is 137 Å². The monoisotopic (exact) mass is 329 g/mol. The summed E-state index contributed by atoms with van der Waals surface area (Å²) in [7, 11) is 3.27. The number of carbonyl (C=O) groups excluding carboxylic acids is 1. The van der Waals surface area contributed by atoms with Crippen LogP contribution in [0.5, 0.6) is 11.5 Å². The van der Waals surface area contributed by atoms with Crippen LogP contribution in [0.4, 0.5) is 5.69 Å². The summed E-state index contributed by atoms with van der Waals surface area (Å²) in [5.41, 5.74) is 6.43. The molecule has 0 aromatic heterocycles. The number of carbonyl (C=O) groups is 1. The molecule has 3 N–H and O–H groups in total. The highest BCUT2D eigenvalue weighted by Gasteiger charge is 2.24. The molecule has 1 amide bonds. The second-order valence-corrected chi connectivity index (χ2v) is 5.11. The molecule has 0 spiro atoms. The van der Waals surface area contributed by atoms with Gasteiger partial charge in [-0.1, -0.05) is 0 Å². The van der Waals surface area contributed by atoms with Gasteiger partial charge in [-0.15, -0.1) is 12.4 Å². The SMILES string of the molecule is COc1cc(OC)cc(N2CCC(NC(=O)CCN)C2)c1.Cl. The number of hydrogen-bond donors (Lipinski definition) is 2. The molecular weight excluding hydrogens is 306 g/mol. The summed E-state index contributed by atoms with van der Waals surface area (Å²) >= 11 is 0. The lowest BCUT2D eigenvalue weighted by Gasteiger charge is -2.20. The molecule has 0 bridgehead atoms. The molecule has 1 atom stereocenters. The van der Waals surface area contributed by atoms with E-state index in [0.717, 1.165) is 36.7 Å². The van der Waals surface area contributed by atoms with Crippen LogP contribution in [0.15, 0.2) is 18.2 Å². The topological polar surface area (TPSA) is 76.8 Å². The van der Waals surface area contributed by atoms with Crippen LogP contribution in [0.2, 0.25) is 0 Å². The van der Waals surface area contributed by atoms with Gasteiger partial charge in [-0.05, 0) is 6.42 Å². The van der Waals surface area contributed by atoms with E-state index in [4.69, 9.17) is 15.2 Å². The predicted octanol–water partition coefficient (Wildman–Crippen LogP) is 1.17. The lowest BCUT2D eigenvalue weighted by molar-refractivity contribution is -0.121. The molecule has 0 radical (unpaired) electrons. The number of hydrogen-bond acceptors (Lipinski definition) is 5. The van der Waals surface area contributed by atoms with Crippen LogP contribution < -0.4 is 25.4 Å². The van der Waals surface area contributed by atoms with E-state index in [1.54, 1.807) is 14.2 Å². The maximum Gasteiger partial charge on any atom is 0.221 e. The first-order chi connectivity index (χ1) is 10.2. The van der Waals surface area contributed by atoms with Gasteiger partial charge in [-0.25, -0.2) is 0 Å². The summed E-state index contributed by atoms with van der Waals surface area (Å²) in [5, 5.41) is 3.01. The number of methoxy groups -OCH3 is 2. The van der Waals surface area contributed by atoms with Crippen LogP contribution in [-0.4, -0.2) is 45.8 Å². The molecule has 22 heavy (non-hydrogen) atoms. The number of ether oxygens (including phenoxy) is 2. The summed E-state index contributed by atoms with van der Waals surface area (Å²) in [6.45, 7) is 2.06. The van der Waals surface area contributed by atoms with Gasteiger partial charge in [0.15, 0.2) is 0 Å². The Balaban J connectivity index is 0.00000242. The molecule has 0 saturated carbocycles. The third-order valence-electron chi connectivity index (χ3n) is 3.63. The smallest absolute Gasteiger partial charge is 0.221 e. The third-order valence-corrected chi connectivity index (χ3v) is 3.63. The number of amides is 1. The van der Waals surface area contributed by atoms with Crippen molar-refractivity contribution in [2.24, 2.45) is 5.73 Å². The second kappa shape index (κ2) is 8.70. The van der Waals surface area contributed by atoms with Crippen molar-refractivity contribution in [3.63, 3.8) is 0 Å². The average molecular weight is 330 g/mol. The second-order valence-electron chi connectivity index (χ2n) is 5.11. The first kappa shape index (κ1) is 18.4. The maximum atomic E-state index is 11.6. The van der Waals surface area contributed by atoms with Gasteiger partial charge >= 0.3 is 0 Å². The molecule has 1 unspecified atom stereocenters. The van der Waals surface area contributed by atoms with E-state index in [1.807, 2.05) is 18.2 Å². The minimum Gasteiger partial charge on any atom is -0.497 e. The Morgan fingerprint density at radius 1 is 1.32 bits per heavy atom. The van der Waals surface area contributed by atoms with Crippen LogP contribution in [0, 0.1) is 0 Å². The van der Waals surface area contributed by atoms with Crippen LogP contribution >= 0.6 is 12.4 Å². The molecule has 2 rings (SSSR count). The van der Waals surface area contributed by atoms with Crippen molar-refractivity contribution in [3.05, 3.63) is 18.2 Å². The van der Waals surface area contributed by atoms with Gasteiger partial charge in [0.25, 0.3) is 0 Å². The average Bonchev–Trinajstić information content (AvgIpc) is 2.95. The minimum atomic E-state index is 0. The van der Waals surface area contributed by atoms with Gasteiger partial charge in [0.05, 0.1) is 14.2 Å². The molecule has 1 aromatic rings. The Morgan fingerprint density at radius 3 is 2.50 bits per heavy atom. The zero-order valence-electron chi connectivity index (χ0n) is 13.0. The number of nitrogens with one attached hydrogen (secondary N) is 1. The molecule has 1 aromatic carbocycles. The van der Waals surface area contributed by atoms with E-state index in [1.165, 1.54) is 0 Å². The van der Waals surface area contributed by atoms with Crippen molar-refractivity contribution >= 4 is 24.0 Å². The summed E-state index contributed by atoms with van der Waals surface area (Å²) in [5.74, 6) is 1.55. The molecule has 124 valence electrons. The Hall–Kier alpha value is -1.66. The summed E-state index contributed by atoms with van der Waals surface area (Å²) < 4.78 is 10.6. The molecule has 6 nitrogen and oxygen atoms in total. The van der Waals surface area contributed by atoms with Gasteiger partial charge in [-0.3, -0.25) is 4.79 Å². The number of benzene rings is 1. The van der Waals surface area contributed by atoms with Crippen LogP contribution in [-0.2, 0) is 4.79 Å². The minimum absolute atomic E-state index is 0. The number of nitrogens with two attached hydrogens (primary N) is 1. The van der Waals surface area contributed by atoms with Crippen molar-refractivity contribution in [3.8, 4) is 11.5 Å². The Bertz CT molecular complexity index is 477. The molecule has 1 heterocycles. The molecule has 7 heteroatoms. The predicted molar refractivity (Wildman–Crippen MR) is 89.2 cm³/mol. The molecule has 1 aliphatic heterocycles. The van der Waals surface area contributed by atoms with Gasteiger partial charge in [0.2, 0.25) is 5.91 Å². The highest BCUT2D eigenvalue weighted by Crippen LogP contribution is 2.30. The molecular formula is C15H24ClN3O3. The lowest BCUT2D eigenvalue weighted by Crippen LogP contribution is -2.37. The van der Waals surface area contributed by atoms with Gasteiger partial charge < -0.3 is 25.4 Å². The Kier molecular flexibility index (Phi) is 7.27. The van der Waals surface area contributed by atoms with Crippen molar-refractivity contribution < 1.29 is 14.3 Å². The van der Waals surface area contributed by atoms with E-state index < -0.39 is 0 Å². The first-order valence-corrected chi connectivity index (χ1v) is 7.13. The van der Waals surface area contributed by atoms with Crippen molar-refractivity contribution in [1.82, 2.24) is 5.32 Å². The largest absolute Gasteiger partial charge is 0.497 e. The number of nitrogens with zero attached hydrogens (tertiary/aromatic N) is 1. The van der Waals surface area contributed by atoms with Crippen molar-refractivity contribution in [1.29, 1.82) is 0 Å². The van der Waals surface area contributed by atoms with E-state index in [9.17, 15) is 4.79 Å². The number of anilines is 1. The zero-order chi connectivity index (χ0) is 15.2. The van der Waals surface area contributed by atoms with Crippen molar-refractivity contribution in [2.45, 2.75) is 18.9 Å². The first-order valence-electron chi connectivity index (χ1n) is 7.13. The fourth-order valence-electron chi connectivity index (χ4n) is 2.52. The third kappa shape index (κ3) is 4.68. The van der Waals surface area contributed by atoms with E-state index in [-0.39, 0.29) is 24.4 Å². The molecule has 1 fully saturated rings. The van der Waals surface area contributed by atoms with Gasteiger partial charge in [0, 0.05) is 56.0 Å². The van der Waals surface area contributed by atoms with E-state index in [0.29, 0.717) is 13.0 Å². The fraction of sp³-hybridized carbons (Fsp3) is 0.533. The highest BCUT2D eigenvalue weighted by atomic mass is 35.5. The molecule has 0 aliphatic carbocycles. The van der Waals surface area contributed by atoms with Gasteiger partial charge in [0.1, 0.15) is 11.5 Å². The molecule has 1 aliphatic rings. The number of rotatable bonds is 6. The Morgan fingerprint density at radius 2 is 1.95 bits per heavy atom. The van der Waals surface area contributed by atoms with E-state index >= 15 is 0 Å². The number of halogens is 1. The lowest BCUT2D eigenvalue weighted by atomic mass is 10.2. The molecule has 1 saturated heterocycles. The van der Waals surface area contributed by atoms with Crippen LogP contribution in [0.1, 0.15) is 12.8 Å².